The lowest BCUT2D eigenvalue weighted by Gasteiger charge is -2.28. The lowest BCUT2D eigenvalue weighted by Crippen LogP contribution is -2.48. The van der Waals surface area contributed by atoms with Crippen molar-refractivity contribution in [2.24, 2.45) is 5.92 Å². The summed E-state index contributed by atoms with van der Waals surface area (Å²) in [6.45, 7) is 0. The molecule has 1 aliphatic carbocycles. The molecule has 2 aromatic rings. The van der Waals surface area contributed by atoms with E-state index >= 15 is 0 Å². The SMILES string of the molecule is COC(=O)[C@H](NC(=O)c1cccc2cccnc12)[C@@H]1CCCC(=O)C1. The zero-order valence-corrected chi connectivity index (χ0v) is 14.0. The maximum atomic E-state index is 12.8. The summed E-state index contributed by atoms with van der Waals surface area (Å²) < 4.78 is 4.84. The highest BCUT2D eigenvalue weighted by Crippen LogP contribution is 2.26. The molecule has 1 amide bonds. The Labute approximate surface area is 145 Å². The van der Waals surface area contributed by atoms with E-state index in [1.807, 2.05) is 12.1 Å². The molecule has 0 bridgehead atoms. The lowest BCUT2D eigenvalue weighted by molar-refractivity contribution is -0.145. The number of carbonyl (C=O) groups excluding carboxylic acids is 3. The Morgan fingerprint density at radius 2 is 2.08 bits per heavy atom. The molecule has 2 atom stereocenters. The van der Waals surface area contributed by atoms with Gasteiger partial charge in [-0.15, -0.1) is 0 Å². The third-order valence-corrected chi connectivity index (χ3v) is 4.61. The molecule has 1 heterocycles. The number of esters is 1. The number of para-hydroxylation sites is 1. The number of carbonyl (C=O) groups is 3. The minimum absolute atomic E-state index is 0.117. The Bertz CT molecular complexity index is 813. The maximum Gasteiger partial charge on any atom is 0.328 e. The number of ketones is 1. The average Bonchev–Trinajstić information content (AvgIpc) is 2.64. The van der Waals surface area contributed by atoms with Crippen molar-refractivity contribution in [3.05, 3.63) is 42.1 Å². The second-order valence-corrected chi connectivity index (χ2v) is 6.25. The monoisotopic (exact) mass is 340 g/mol. The Morgan fingerprint density at radius 3 is 2.84 bits per heavy atom. The van der Waals surface area contributed by atoms with Crippen molar-refractivity contribution < 1.29 is 19.1 Å². The van der Waals surface area contributed by atoms with Gasteiger partial charge in [0.25, 0.3) is 5.91 Å². The summed E-state index contributed by atoms with van der Waals surface area (Å²) in [5.74, 6) is -1.04. The first-order valence-electron chi connectivity index (χ1n) is 8.34. The van der Waals surface area contributed by atoms with Crippen molar-refractivity contribution in [3.63, 3.8) is 0 Å². The first kappa shape index (κ1) is 17.1. The molecule has 1 aromatic carbocycles. The van der Waals surface area contributed by atoms with Gasteiger partial charge in [-0.3, -0.25) is 14.6 Å². The van der Waals surface area contributed by atoms with E-state index in [1.54, 1.807) is 24.4 Å². The van der Waals surface area contributed by atoms with Crippen LogP contribution in [0.1, 0.15) is 36.0 Å². The van der Waals surface area contributed by atoms with Gasteiger partial charge in [-0.2, -0.15) is 0 Å². The number of amides is 1. The molecule has 0 radical (unpaired) electrons. The molecule has 6 nitrogen and oxygen atoms in total. The van der Waals surface area contributed by atoms with Crippen molar-refractivity contribution in [1.29, 1.82) is 0 Å². The van der Waals surface area contributed by atoms with E-state index in [0.717, 1.165) is 11.8 Å². The number of aromatic nitrogens is 1. The van der Waals surface area contributed by atoms with Crippen LogP contribution in [-0.2, 0) is 14.3 Å². The molecule has 0 spiro atoms. The van der Waals surface area contributed by atoms with Crippen LogP contribution < -0.4 is 5.32 Å². The van der Waals surface area contributed by atoms with E-state index in [4.69, 9.17) is 4.74 Å². The number of benzene rings is 1. The predicted octanol–water partition coefficient (Wildman–Crippen LogP) is 2.27. The van der Waals surface area contributed by atoms with Crippen LogP contribution in [0.15, 0.2) is 36.5 Å². The molecule has 0 aliphatic heterocycles. The molecule has 3 rings (SSSR count). The molecular weight excluding hydrogens is 320 g/mol. The number of methoxy groups -OCH3 is 1. The molecule has 1 N–H and O–H groups in total. The molecule has 1 aliphatic rings. The van der Waals surface area contributed by atoms with Gasteiger partial charge < -0.3 is 10.1 Å². The summed E-state index contributed by atoms with van der Waals surface area (Å²) >= 11 is 0. The van der Waals surface area contributed by atoms with Crippen molar-refractivity contribution in [2.75, 3.05) is 7.11 Å². The van der Waals surface area contributed by atoms with Gasteiger partial charge >= 0.3 is 5.97 Å². The number of nitrogens with one attached hydrogen (secondary N) is 1. The van der Waals surface area contributed by atoms with Gasteiger partial charge in [-0.1, -0.05) is 18.2 Å². The third-order valence-electron chi connectivity index (χ3n) is 4.61. The highest BCUT2D eigenvalue weighted by molar-refractivity contribution is 6.06. The molecule has 1 aromatic heterocycles. The first-order chi connectivity index (χ1) is 12.1. The van der Waals surface area contributed by atoms with Gasteiger partial charge in [0, 0.05) is 24.4 Å². The molecule has 0 saturated heterocycles. The van der Waals surface area contributed by atoms with Gasteiger partial charge in [-0.25, -0.2) is 4.79 Å². The first-order valence-corrected chi connectivity index (χ1v) is 8.34. The highest BCUT2D eigenvalue weighted by atomic mass is 16.5. The number of fused-ring (bicyclic) bond motifs is 1. The van der Waals surface area contributed by atoms with Crippen molar-refractivity contribution in [1.82, 2.24) is 10.3 Å². The summed E-state index contributed by atoms with van der Waals surface area (Å²) in [7, 11) is 1.28. The highest BCUT2D eigenvalue weighted by Gasteiger charge is 2.34. The average molecular weight is 340 g/mol. The normalized spacial score (nSPS) is 18.6. The van der Waals surface area contributed by atoms with E-state index in [-0.39, 0.29) is 18.1 Å². The van der Waals surface area contributed by atoms with E-state index in [1.165, 1.54) is 7.11 Å². The number of nitrogens with zero attached hydrogens (tertiary/aromatic N) is 1. The fourth-order valence-electron chi connectivity index (χ4n) is 3.35. The zero-order valence-electron chi connectivity index (χ0n) is 14.0. The fraction of sp³-hybridized carbons (Fsp3) is 0.368. The Balaban J connectivity index is 1.87. The second-order valence-electron chi connectivity index (χ2n) is 6.25. The van der Waals surface area contributed by atoms with Gasteiger partial charge in [0.2, 0.25) is 0 Å². The summed E-state index contributed by atoms with van der Waals surface area (Å²) in [5, 5.41) is 3.61. The number of Topliss-reactive ketones (excluding diaryl/α,β-unsaturated/α-hetero) is 1. The molecule has 6 heteroatoms. The minimum atomic E-state index is -0.833. The van der Waals surface area contributed by atoms with Crippen LogP contribution in [0.25, 0.3) is 10.9 Å². The summed E-state index contributed by atoms with van der Waals surface area (Å²) in [4.78, 5) is 41.0. The topological polar surface area (TPSA) is 85.4 Å². The smallest absolute Gasteiger partial charge is 0.328 e. The van der Waals surface area contributed by atoms with E-state index in [9.17, 15) is 14.4 Å². The largest absolute Gasteiger partial charge is 0.467 e. The third kappa shape index (κ3) is 3.68. The van der Waals surface area contributed by atoms with Crippen LogP contribution in [0.2, 0.25) is 0 Å². The number of pyridine rings is 1. The molecule has 1 saturated carbocycles. The van der Waals surface area contributed by atoms with Gasteiger partial charge in [-0.05, 0) is 30.9 Å². The summed E-state index contributed by atoms with van der Waals surface area (Å²) in [6, 6.07) is 8.16. The maximum absolute atomic E-state index is 12.8. The van der Waals surface area contributed by atoms with E-state index in [0.29, 0.717) is 23.9 Å². The standard InChI is InChI=1S/C19H20N2O4/c1-25-19(24)17(13-6-2-8-14(22)11-13)21-18(23)15-9-3-5-12-7-4-10-20-16(12)15/h3-5,7,9-10,13,17H,2,6,8,11H2,1H3,(H,21,23)/t13-,17-/m1/s1. The van der Waals surface area contributed by atoms with Crippen molar-refractivity contribution in [2.45, 2.75) is 31.7 Å². The molecule has 25 heavy (non-hydrogen) atoms. The molecule has 0 unspecified atom stereocenters. The van der Waals surface area contributed by atoms with Crippen LogP contribution >= 0.6 is 0 Å². The molecule has 1 fully saturated rings. The van der Waals surface area contributed by atoms with Crippen LogP contribution in [0.4, 0.5) is 0 Å². The lowest BCUT2D eigenvalue weighted by atomic mass is 9.83. The number of hydrogen-bond acceptors (Lipinski definition) is 5. The van der Waals surface area contributed by atoms with Crippen molar-refractivity contribution >= 4 is 28.6 Å². The van der Waals surface area contributed by atoms with Crippen LogP contribution in [0.5, 0.6) is 0 Å². The van der Waals surface area contributed by atoms with E-state index in [2.05, 4.69) is 10.3 Å². The van der Waals surface area contributed by atoms with Crippen molar-refractivity contribution in [3.8, 4) is 0 Å². The van der Waals surface area contributed by atoms with Gasteiger partial charge in [0.1, 0.15) is 11.8 Å². The predicted molar refractivity (Wildman–Crippen MR) is 92.0 cm³/mol. The minimum Gasteiger partial charge on any atom is -0.467 e. The van der Waals surface area contributed by atoms with Crippen LogP contribution in [0, 0.1) is 5.92 Å². The van der Waals surface area contributed by atoms with Crippen LogP contribution in [-0.4, -0.2) is 35.8 Å². The number of rotatable bonds is 4. The van der Waals surface area contributed by atoms with E-state index < -0.39 is 17.9 Å². The fourth-order valence-corrected chi connectivity index (χ4v) is 3.35. The summed E-state index contributed by atoms with van der Waals surface area (Å²) in [5.41, 5.74) is 0.972. The molecular formula is C19H20N2O4. The Kier molecular flexibility index (Phi) is 5.07. The molecule has 130 valence electrons. The zero-order chi connectivity index (χ0) is 17.8. The number of ether oxygens (including phenoxy) is 1. The second kappa shape index (κ2) is 7.42. The quantitative estimate of drug-likeness (QED) is 0.863. The van der Waals surface area contributed by atoms with Gasteiger partial charge in [0.15, 0.2) is 0 Å². The Hall–Kier alpha value is -2.76. The summed E-state index contributed by atoms with van der Waals surface area (Å²) in [6.07, 6.45) is 3.87. The Morgan fingerprint density at radius 1 is 1.28 bits per heavy atom. The van der Waals surface area contributed by atoms with Gasteiger partial charge in [0.05, 0.1) is 18.2 Å². The van der Waals surface area contributed by atoms with Crippen LogP contribution in [0.3, 0.4) is 0 Å². The number of hydrogen-bond donors (Lipinski definition) is 1.